The van der Waals surface area contributed by atoms with Gasteiger partial charge in [-0.3, -0.25) is 4.90 Å². The van der Waals surface area contributed by atoms with Gasteiger partial charge >= 0.3 is 5.97 Å². The van der Waals surface area contributed by atoms with Crippen LogP contribution in [0.3, 0.4) is 0 Å². The fraction of sp³-hybridized carbons (Fsp3) is 0.533. The third kappa shape index (κ3) is 2.33. The van der Waals surface area contributed by atoms with Crippen molar-refractivity contribution >= 4 is 27.6 Å². The van der Waals surface area contributed by atoms with Crippen LogP contribution in [0.1, 0.15) is 29.6 Å². The molecule has 1 N–H and O–H groups in total. The molecule has 0 aliphatic carbocycles. The molecule has 0 saturated carbocycles. The van der Waals surface area contributed by atoms with Crippen molar-refractivity contribution in [2.75, 3.05) is 25.0 Å². The second-order valence-corrected chi connectivity index (χ2v) is 6.58. The number of halogens is 1. The van der Waals surface area contributed by atoms with E-state index in [0.29, 0.717) is 22.1 Å². The first-order valence-electron chi connectivity index (χ1n) is 7.06. The number of aromatic carboxylic acids is 1. The normalized spacial score (nSPS) is 26.6. The molecular formula is C15H19BrN2O2. The lowest BCUT2D eigenvalue weighted by atomic mass is 10.1. The van der Waals surface area contributed by atoms with Crippen LogP contribution in [-0.2, 0) is 0 Å². The average Bonchev–Trinajstić information content (AvgIpc) is 2.62. The predicted molar refractivity (Wildman–Crippen MR) is 82.5 cm³/mol. The van der Waals surface area contributed by atoms with Gasteiger partial charge in [0.2, 0.25) is 0 Å². The fourth-order valence-corrected chi connectivity index (χ4v) is 4.04. The SMILES string of the molecule is CN1C2CCC1CN(c1cccc(Br)c1C(=O)O)CC2. The summed E-state index contributed by atoms with van der Waals surface area (Å²) in [4.78, 5) is 16.2. The minimum atomic E-state index is -0.866. The smallest absolute Gasteiger partial charge is 0.338 e. The zero-order valence-electron chi connectivity index (χ0n) is 11.6. The number of carboxylic acid groups (broad SMARTS) is 1. The van der Waals surface area contributed by atoms with Crippen molar-refractivity contribution in [3.05, 3.63) is 28.2 Å². The lowest BCUT2D eigenvalue weighted by molar-refractivity contribution is 0.0696. The van der Waals surface area contributed by atoms with Crippen molar-refractivity contribution in [2.24, 2.45) is 0 Å². The van der Waals surface area contributed by atoms with Gasteiger partial charge in [-0.2, -0.15) is 0 Å². The Balaban J connectivity index is 1.94. The predicted octanol–water partition coefficient (Wildman–Crippen LogP) is 2.82. The minimum absolute atomic E-state index is 0.382. The third-order valence-corrected chi connectivity index (χ3v) is 5.36. The Hall–Kier alpha value is -1.07. The van der Waals surface area contributed by atoms with Crippen molar-refractivity contribution in [3.63, 3.8) is 0 Å². The molecule has 108 valence electrons. The van der Waals surface area contributed by atoms with E-state index in [0.717, 1.165) is 25.2 Å². The standard InChI is InChI=1S/C15H19BrN2O2/c1-17-10-5-6-11(17)9-18(8-7-10)13-4-2-3-12(16)14(13)15(19)20/h2-4,10-11H,5-9H2,1H3,(H,19,20). The van der Waals surface area contributed by atoms with Crippen molar-refractivity contribution in [1.82, 2.24) is 4.90 Å². The number of carbonyl (C=O) groups is 1. The Morgan fingerprint density at radius 1 is 1.30 bits per heavy atom. The number of benzene rings is 1. The van der Waals surface area contributed by atoms with Gasteiger partial charge in [-0.25, -0.2) is 4.79 Å². The van der Waals surface area contributed by atoms with Gasteiger partial charge in [-0.1, -0.05) is 6.07 Å². The van der Waals surface area contributed by atoms with E-state index in [4.69, 9.17) is 0 Å². The van der Waals surface area contributed by atoms with Crippen LogP contribution in [0.5, 0.6) is 0 Å². The van der Waals surface area contributed by atoms with Gasteiger partial charge < -0.3 is 10.0 Å². The second-order valence-electron chi connectivity index (χ2n) is 5.72. The van der Waals surface area contributed by atoms with Gasteiger partial charge in [0.15, 0.2) is 0 Å². The number of hydrogen-bond acceptors (Lipinski definition) is 3. The zero-order valence-corrected chi connectivity index (χ0v) is 13.1. The first-order valence-corrected chi connectivity index (χ1v) is 7.86. The molecular weight excluding hydrogens is 320 g/mol. The maximum atomic E-state index is 11.5. The quantitative estimate of drug-likeness (QED) is 0.900. The molecule has 20 heavy (non-hydrogen) atoms. The summed E-state index contributed by atoms with van der Waals surface area (Å²) >= 11 is 3.37. The van der Waals surface area contributed by atoms with Crippen molar-refractivity contribution in [3.8, 4) is 0 Å². The molecule has 4 nitrogen and oxygen atoms in total. The van der Waals surface area contributed by atoms with Crippen LogP contribution in [0.15, 0.2) is 22.7 Å². The number of nitrogens with zero attached hydrogens (tertiary/aromatic N) is 2. The fourth-order valence-electron chi connectivity index (χ4n) is 3.52. The number of rotatable bonds is 2. The molecule has 5 heteroatoms. The van der Waals surface area contributed by atoms with Gasteiger partial charge in [0.1, 0.15) is 0 Å². The summed E-state index contributed by atoms with van der Waals surface area (Å²) in [6.45, 7) is 1.85. The highest BCUT2D eigenvalue weighted by atomic mass is 79.9. The number of anilines is 1. The van der Waals surface area contributed by atoms with Crippen LogP contribution >= 0.6 is 15.9 Å². The molecule has 2 atom stereocenters. The van der Waals surface area contributed by atoms with Crippen molar-refractivity contribution in [1.29, 1.82) is 0 Å². The Kier molecular flexibility index (Phi) is 3.73. The van der Waals surface area contributed by atoms with E-state index < -0.39 is 5.97 Å². The van der Waals surface area contributed by atoms with Crippen LogP contribution in [0.2, 0.25) is 0 Å². The largest absolute Gasteiger partial charge is 0.478 e. The summed E-state index contributed by atoms with van der Waals surface area (Å²) in [5, 5.41) is 9.46. The highest BCUT2D eigenvalue weighted by Gasteiger charge is 2.35. The molecule has 1 aromatic rings. The summed E-state index contributed by atoms with van der Waals surface area (Å²) in [5.74, 6) is -0.866. The highest BCUT2D eigenvalue weighted by molar-refractivity contribution is 9.10. The summed E-state index contributed by atoms with van der Waals surface area (Å²) in [6, 6.07) is 6.84. The Bertz CT molecular complexity index is 535. The highest BCUT2D eigenvalue weighted by Crippen LogP contribution is 2.34. The molecule has 0 radical (unpaired) electrons. The lowest BCUT2D eigenvalue weighted by Crippen LogP contribution is -2.37. The van der Waals surface area contributed by atoms with Gasteiger partial charge in [0.05, 0.1) is 11.3 Å². The number of hydrogen-bond donors (Lipinski definition) is 1. The van der Waals surface area contributed by atoms with Gasteiger partial charge in [0, 0.05) is 29.6 Å². The third-order valence-electron chi connectivity index (χ3n) is 4.69. The van der Waals surface area contributed by atoms with E-state index in [9.17, 15) is 9.90 Å². The molecule has 2 unspecified atom stereocenters. The average molecular weight is 339 g/mol. The topological polar surface area (TPSA) is 43.8 Å². The molecule has 2 saturated heterocycles. The summed E-state index contributed by atoms with van der Waals surface area (Å²) < 4.78 is 0.658. The van der Waals surface area contributed by atoms with E-state index in [-0.39, 0.29) is 0 Å². The lowest BCUT2D eigenvalue weighted by Gasteiger charge is -2.29. The first-order chi connectivity index (χ1) is 9.58. The van der Waals surface area contributed by atoms with Crippen LogP contribution < -0.4 is 4.90 Å². The molecule has 2 aliphatic rings. The van der Waals surface area contributed by atoms with Crippen LogP contribution in [-0.4, -0.2) is 48.2 Å². The van der Waals surface area contributed by atoms with Crippen LogP contribution in [0.25, 0.3) is 0 Å². The van der Waals surface area contributed by atoms with Crippen LogP contribution in [0, 0.1) is 0 Å². The van der Waals surface area contributed by atoms with E-state index in [2.05, 4.69) is 32.8 Å². The van der Waals surface area contributed by atoms with E-state index in [1.54, 1.807) is 6.07 Å². The molecule has 2 aliphatic heterocycles. The van der Waals surface area contributed by atoms with E-state index in [1.807, 2.05) is 12.1 Å². The molecule has 2 heterocycles. The zero-order chi connectivity index (χ0) is 14.3. The van der Waals surface area contributed by atoms with Gasteiger partial charge in [-0.05, 0) is 54.4 Å². The Morgan fingerprint density at radius 3 is 2.80 bits per heavy atom. The molecule has 0 spiro atoms. The Morgan fingerprint density at radius 2 is 2.05 bits per heavy atom. The maximum absolute atomic E-state index is 11.5. The van der Waals surface area contributed by atoms with E-state index >= 15 is 0 Å². The number of carboxylic acids is 1. The molecule has 2 fully saturated rings. The number of fused-ring (bicyclic) bond motifs is 2. The number of likely N-dealkylation sites (N-methyl/N-ethyl adjacent to an activating group) is 1. The van der Waals surface area contributed by atoms with Crippen molar-refractivity contribution < 1.29 is 9.90 Å². The van der Waals surface area contributed by atoms with Gasteiger partial charge in [-0.15, -0.1) is 0 Å². The molecule has 0 aromatic heterocycles. The van der Waals surface area contributed by atoms with Crippen molar-refractivity contribution in [2.45, 2.75) is 31.3 Å². The summed E-state index contributed by atoms with van der Waals surface area (Å²) in [5.41, 5.74) is 1.22. The van der Waals surface area contributed by atoms with Gasteiger partial charge in [0.25, 0.3) is 0 Å². The molecule has 2 bridgehead atoms. The monoisotopic (exact) mass is 338 g/mol. The second kappa shape index (κ2) is 5.37. The molecule has 0 amide bonds. The first kappa shape index (κ1) is 13.9. The molecule has 3 rings (SSSR count). The summed E-state index contributed by atoms with van der Waals surface area (Å²) in [7, 11) is 2.20. The Labute approximate surface area is 127 Å². The van der Waals surface area contributed by atoms with Crippen LogP contribution in [0.4, 0.5) is 5.69 Å². The summed E-state index contributed by atoms with van der Waals surface area (Å²) in [6.07, 6.45) is 3.60. The van der Waals surface area contributed by atoms with E-state index in [1.165, 1.54) is 12.8 Å². The maximum Gasteiger partial charge on any atom is 0.338 e. The minimum Gasteiger partial charge on any atom is -0.478 e. The molecule has 1 aromatic carbocycles.